The lowest BCUT2D eigenvalue weighted by Crippen LogP contribution is -2.39. The van der Waals surface area contributed by atoms with Crippen LogP contribution in [0.25, 0.3) is 0 Å². The smallest absolute Gasteiger partial charge is 0.224 e. The van der Waals surface area contributed by atoms with Gasteiger partial charge in [0.05, 0.1) is 13.5 Å². The third kappa shape index (κ3) is 5.23. The molecule has 3 nitrogen and oxygen atoms in total. The number of ether oxygens (including phenoxy) is 1. The van der Waals surface area contributed by atoms with Crippen molar-refractivity contribution in [2.45, 2.75) is 32.7 Å². The van der Waals surface area contributed by atoms with Crippen LogP contribution >= 0.6 is 15.9 Å². The molecule has 0 fully saturated rings. The number of methoxy groups -OCH3 is 1. The van der Waals surface area contributed by atoms with Gasteiger partial charge in [0.15, 0.2) is 0 Å². The quantitative estimate of drug-likeness (QED) is 0.781. The number of rotatable bonds is 7. The van der Waals surface area contributed by atoms with Gasteiger partial charge in [-0.15, -0.1) is 0 Å². The lowest BCUT2D eigenvalue weighted by atomic mass is 10.0. The summed E-state index contributed by atoms with van der Waals surface area (Å²) in [5, 5.41) is 3.99. The molecule has 1 rings (SSSR count). The number of nitrogens with one attached hydrogen (secondary N) is 1. The summed E-state index contributed by atoms with van der Waals surface area (Å²) < 4.78 is 5.26. The van der Waals surface area contributed by atoms with Gasteiger partial charge in [0.2, 0.25) is 5.91 Å². The van der Waals surface area contributed by atoms with Crippen LogP contribution in [0.4, 0.5) is 0 Å². The van der Waals surface area contributed by atoms with E-state index >= 15 is 0 Å². The molecular formula is C15H22BrNO2. The summed E-state index contributed by atoms with van der Waals surface area (Å²) in [4.78, 5) is 12.1. The molecule has 0 saturated carbocycles. The van der Waals surface area contributed by atoms with Gasteiger partial charge in [-0.25, -0.2) is 0 Å². The zero-order valence-electron chi connectivity index (χ0n) is 11.8. The Morgan fingerprint density at radius 1 is 1.37 bits per heavy atom. The van der Waals surface area contributed by atoms with E-state index in [0.717, 1.165) is 23.1 Å². The second-order valence-corrected chi connectivity index (χ2v) is 5.68. The van der Waals surface area contributed by atoms with Crippen LogP contribution in [-0.2, 0) is 11.2 Å². The van der Waals surface area contributed by atoms with Crippen LogP contribution in [-0.4, -0.2) is 24.4 Å². The molecule has 0 spiro atoms. The Hall–Kier alpha value is -1.03. The van der Waals surface area contributed by atoms with Crippen molar-refractivity contribution in [3.05, 3.63) is 29.8 Å². The van der Waals surface area contributed by atoms with Crippen molar-refractivity contribution < 1.29 is 9.53 Å². The van der Waals surface area contributed by atoms with Crippen molar-refractivity contribution in [3.8, 4) is 5.75 Å². The first kappa shape index (κ1) is 16.0. The predicted molar refractivity (Wildman–Crippen MR) is 81.9 cm³/mol. The number of benzene rings is 1. The average molecular weight is 328 g/mol. The highest BCUT2D eigenvalue weighted by Gasteiger charge is 2.16. The first-order chi connectivity index (χ1) is 9.08. The maximum atomic E-state index is 12.1. The Morgan fingerprint density at radius 3 is 2.63 bits per heavy atom. The van der Waals surface area contributed by atoms with E-state index in [2.05, 4.69) is 35.1 Å². The number of alkyl halides is 1. The van der Waals surface area contributed by atoms with E-state index in [-0.39, 0.29) is 11.9 Å². The SMILES string of the molecule is COc1ccccc1CC(=O)NC(CCBr)C(C)C. The largest absolute Gasteiger partial charge is 0.496 e. The van der Waals surface area contributed by atoms with Gasteiger partial charge in [0.1, 0.15) is 5.75 Å². The van der Waals surface area contributed by atoms with Crippen molar-refractivity contribution in [3.63, 3.8) is 0 Å². The number of hydrogen-bond donors (Lipinski definition) is 1. The molecule has 1 unspecified atom stereocenters. The fourth-order valence-corrected chi connectivity index (χ4v) is 2.46. The number of hydrogen-bond acceptors (Lipinski definition) is 2. The van der Waals surface area contributed by atoms with E-state index in [4.69, 9.17) is 4.74 Å². The minimum Gasteiger partial charge on any atom is -0.496 e. The van der Waals surface area contributed by atoms with Crippen molar-refractivity contribution in [2.75, 3.05) is 12.4 Å². The van der Waals surface area contributed by atoms with Crippen molar-refractivity contribution in [2.24, 2.45) is 5.92 Å². The summed E-state index contributed by atoms with van der Waals surface area (Å²) in [5.41, 5.74) is 0.920. The first-order valence-corrected chi connectivity index (χ1v) is 7.67. The molecule has 19 heavy (non-hydrogen) atoms. The van der Waals surface area contributed by atoms with E-state index in [0.29, 0.717) is 12.3 Å². The number of carbonyl (C=O) groups excluding carboxylic acids is 1. The van der Waals surface area contributed by atoms with Gasteiger partial charge in [-0.3, -0.25) is 4.79 Å². The zero-order chi connectivity index (χ0) is 14.3. The first-order valence-electron chi connectivity index (χ1n) is 6.55. The van der Waals surface area contributed by atoms with E-state index in [1.54, 1.807) is 7.11 Å². The molecule has 0 aliphatic rings. The predicted octanol–water partition coefficient (Wildman–Crippen LogP) is 3.16. The van der Waals surface area contributed by atoms with Gasteiger partial charge >= 0.3 is 0 Å². The summed E-state index contributed by atoms with van der Waals surface area (Å²) in [5.74, 6) is 1.24. The summed E-state index contributed by atoms with van der Waals surface area (Å²) in [7, 11) is 1.62. The van der Waals surface area contributed by atoms with Crippen LogP contribution in [0.1, 0.15) is 25.8 Å². The Bertz CT molecular complexity index is 407. The van der Waals surface area contributed by atoms with E-state index in [9.17, 15) is 4.79 Å². The van der Waals surface area contributed by atoms with Crippen LogP contribution < -0.4 is 10.1 Å². The maximum Gasteiger partial charge on any atom is 0.224 e. The normalized spacial score (nSPS) is 12.3. The summed E-state index contributed by atoms with van der Waals surface area (Å²) in [6, 6.07) is 7.83. The number of para-hydroxylation sites is 1. The molecule has 0 heterocycles. The van der Waals surface area contributed by atoms with Crippen LogP contribution in [0.3, 0.4) is 0 Å². The minimum atomic E-state index is 0.0455. The lowest BCUT2D eigenvalue weighted by Gasteiger charge is -2.21. The van der Waals surface area contributed by atoms with Crippen molar-refractivity contribution in [1.29, 1.82) is 0 Å². The Balaban J connectivity index is 2.63. The third-order valence-electron chi connectivity index (χ3n) is 3.11. The molecule has 0 aliphatic carbocycles. The zero-order valence-corrected chi connectivity index (χ0v) is 13.4. The maximum absolute atomic E-state index is 12.1. The fraction of sp³-hybridized carbons (Fsp3) is 0.533. The minimum absolute atomic E-state index is 0.0455. The second kappa shape index (κ2) is 8.20. The van der Waals surface area contributed by atoms with E-state index in [1.807, 2.05) is 24.3 Å². The van der Waals surface area contributed by atoms with Gasteiger partial charge in [0.25, 0.3) is 0 Å². The number of halogens is 1. The molecule has 1 aromatic carbocycles. The van der Waals surface area contributed by atoms with Crippen LogP contribution in [0.5, 0.6) is 5.75 Å². The highest BCUT2D eigenvalue weighted by atomic mass is 79.9. The molecule has 0 aromatic heterocycles. The molecule has 0 bridgehead atoms. The van der Waals surface area contributed by atoms with Crippen LogP contribution in [0.15, 0.2) is 24.3 Å². The number of carbonyl (C=O) groups is 1. The lowest BCUT2D eigenvalue weighted by molar-refractivity contribution is -0.121. The third-order valence-corrected chi connectivity index (χ3v) is 3.57. The van der Waals surface area contributed by atoms with E-state index in [1.165, 1.54) is 0 Å². The molecule has 1 amide bonds. The van der Waals surface area contributed by atoms with Gasteiger partial charge in [0, 0.05) is 16.9 Å². The summed E-state index contributed by atoms with van der Waals surface area (Å²) in [6.45, 7) is 4.24. The molecule has 1 aromatic rings. The average Bonchev–Trinajstić information content (AvgIpc) is 2.38. The Morgan fingerprint density at radius 2 is 2.05 bits per heavy atom. The van der Waals surface area contributed by atoms with Gasteiger partial charge in [-0.2, -0.15) is 0 Å². The van der Waals surface area contributed by atoms with Crippen LogP contribution in [0, 0.1) is 5.92 Å². The van der Waals surface area contributed by atoms with Gasteiger partial charge < -0.3 is 10.1 Å². The van der Waals surface area contributed by atoms with Crippen molar-refractivity contribution >= 4 is 21.8 Å². The molecule has 1 N–H and O–H groups in total. The molecule has 0 radical (unpaired) electrons. The number of amides is 1. The summed E-state index contributed by atoms with van der Waals surface area (Å²) in [6.07, 6.45) is 1.30. The Labute approximate surface area is 123 Å². The molecular weight excluding hydrogens is 306 g/mol. The molecule has 1 atom stereocenters. The highest BCUT2D eigenvalue weighted by Crippen LogP contribution is 2.18. The highest BCUT2D eigenvalue weighted by molar-refractivity contribution is 9.09. The Kier molecular flexibility index (Phi) is 6.92. The van der Waals surface area contributed by atoms with Gasteiger partial charge in [-0.05, 0) is 18.4 Å². The monoisotopic (exact) mass is 327 g/mol. The van der Waals surface area contributed by atoms with Crippen molar-refractivity contribution in [1.82, 2.24) is 5.32 Å². The van der Waals surface area contributed by atoms with Gasteiger partial charge in [-0.1, -0.05) is 48.0 Å². The molecule has 4 heteroatoms. The second-order valence-electron chi connectivity index (χ2n) is 4.88. The summed E-state index contributed by atoms with van der Waals surface area (Å²) >= 11 is 3.43. The fourth-order valence-electron chi connectivity index (χ4n) is 1.97. The standard InChI is InChI=1S/C15H22BrNO2/c1-11(2)13(8-9-16)17-15(18)10-12-6-4-5-7-14(12)19-3/h4-7,11,13H,8-10H2,1-3H3,(H,17,18). The molecule has 106 valence electrons. The van der Waals surface area contributed by atoms with E-state index < -0.39 is 0 Å². The molecule has 0 saturated heterocycles. The van der Waals surface area contributed by atoms with Crippen LogP contribution in [0.2, 0.25) is 0 Å². The topological polar surface area (TPSA) is 38.3 Å². The molecule has 0 aliphatic heterocycles.